The minimum absolute atomic E-state index is 0.0685. The largest absolute Gasteiger partial charge is 0.444 e. The number of hydrogen-bond donors (Lipinski definition) is 2. The third-order valence-electron chi connectivity index (χ3n) is 3.82. The molecular weight excluding hydrogens is 316 g/mol. The summed E-state index contributed by atoms with van der Waals surface area (Å²) in [7, 11) is 0. The van der Waals surface area contributed by atoms with Crippen LogP contribution in [0.25, 0.3) is 0 Å². The summed E-state index contributed by atoms with van der Waals surface area (Å²) in [5.41, 5.74) is 0.293. The van der Waals surface area contributed by atoms with Crippen molar-refractivity contribution >= 4 is 12.0 Å². The molecule has 25 heavy (non-hydrogen) atoms. The van der Waals surface area contributed by atoms with E-state index in [1.807, 2.05) is 58.0 Å². The molecule has 0 saturated heterocycles. The van der Waals surface area contributed by atoms with Crippen molar-refractivity contribution in [3.63, 3.8) is 0 Å². The standard InChI is InChI=1S/C20H32N2O3/c1-6-7-11-14-21-18(23)15(2)17(16-12-9-8-10-13-16)22-19(24)25-20(3,4)5/h8-10,12-13,15,17H,6-7,11,14H2,1-5H3,(H,21,23)(H,22,24). The molecule has 0 saturated carbocycles. The fourth-order valence-corrected chi connectivity index (χ4v) is 2.49. The Morgan fingerprint density at radius 2 is 1.76 bits per heavy atom. The van der Waals surface area contributed by atoms with Gasteiger partial charge in [-0.05, 0) is 32.8 Å². The van der Waals surface area contributed by atoms with Crippen molar-refractivity contribution in [2.24, 2.45) is 5.92 Å². The van der Waals surface area contributed by atoms with Crippen LogP contribution in [0, 0.1) is 5.92 Å². The highest BCUT2D eigenvalue weighted by molar-refractivity contribution is 5.80. The Labute approximate surface area is 151 Å². The monoisotopic (exact) mass is 348 g/mol. The average Bonchev–Trinajstić information content (AvgIpc) is 2.55. The summed E-state index contributed by atoms with van der Waals surface area (Å²) in [6, 6.07) is 9.06. The maximum atomic E-state index is 12.5. The van der Waals surface area contributed by atoms with Crippen molar-refractivity contribution in [2.45, 2.75) is 65.5 Å². The smallest absolute Gasteiger partial charge is 0.408 e. The summed E-state index contributed by atoms with van der Waals surface area (Å²) in [5.74, 6) is -0.474. The van der Waals surface area contributed by atoms with Crippen LogP contribution >= 0.6 is 0 Å². The fraction of sp³-hybridized carbons (Fsp3) is 0.600. The first-order valence-corrected chi connectivity index (χ1v) is 9.06. The Balaban J connectivity index is 2.80. The quantitative estimate of drug-likeness (QED) is 0.692. The van der Waals surface area contributed by atoms with Crippen LogP contribution in [-0.4, -0.2) is 24.1 Å². The van der Waals surface area contributed by atoms with Crippen molar-refractivity contribution in [2.75, 3.05) is 6.54 Å². The van der Waals surface area contributed by atoms with Crippen LogP contribution in [0.15, 0.2) is 30.3 Å². The van der Waals surface area contributed by atoms with E-state index in [9.17, 15) is 9.59 Å². The summed E-state index contributed by atoms with van der Waals surface area (Å²) in [6.45, 7) is 10.0. The number of hydrogen-bond acceptors (Lipinski definition) is 3. The van der Waals surface area contributed by atoms with Crippen LogP contribution in [-0.2, 0) is 9.53 Å². The lowest BCUT2D eigenvalue weighted by atomic mass is 9.93. The van der Waals surface area contributed by atoms with Gasteiger partial charge in [-0.25, -0.2) is 4.79 Å². The first-order chi connectivity index (χ1) is 11.7. The number of benzene rings is 1. The maximum absolute atomic E-state index is 12.5. The number of ether oxygens (including phenoxy) is 1. The van der Waals surface area contributed by atoms with Crippen LogP contribution in [0.4, 0.5) is 4.79 Å². The molecule has 2 N–H and O–H groups in total. The van der Waals surface area contributed by atoms with Crippen LogP contribution in [0.5, 0.6) is 0 Å². The molecular formula is C20H32N2O3. The van der Waals surface area contributed by atoms with E-state index in [1.165, 1.54) is 0 Å². The molecule has 2 unspecified atom stereocenters. The molecule has 0 aliphatic heterocycles. The van der Waals surface area contributed by atoms with E-state index >= 15 is 0 Å². The number of amides is 2. The molecule has 0 bridgehead atoms. The zero-order chi connectivity index (χ0) is 18.9. The molecule has 0 radical (unpaired) electrons. The molecule has 2 amide bonds. The lowest BCUT2D eigenvalue weighted by Crippen LogP contribution is -2.42. The van der Waals surface area contributed by atoms with Gasteiger partial charge in [-0.15, -0.1) is 0 Å². The molecule has 0 aromatic heterocycles. The van der Waals surface area contributed by atoms with Gasteiger partial charge in [0.25, 0.3) is 0 Å². The third-order valence-corrected chi connectivity index (χ3v) is 3.82. The summed E-state index contributed by atoms with van der Waals surface area (Å²) in [5, 5.41) is 5.81. The second-order valence-electron chi connectivity index (χ2n) is 7.32. The zero-order valence-corrected chi connectivity index (χ0v) is 16.1. The van der Waals surface area contributed by atoms with Gasteiger partial charge in [0.05, 0.1) is 12.0 Å². The maximum Gasteiger partial charge on any atom is 0.408 e. The molecule has 5 heteroatoms. The van der Waals surface area contributed by atoms with E-state index in [4.69, 9.17) is 4.74 Å². The van der Waals surface area contributed by atoms with Gasteiger partial charge >= 0.3 is 6.09 Å². The Kier molecular flexibility index (Phi) is 8.46. The Bertz CT molecular complexity index is 538. The van der Waals surface area contributed by atoms with E-state index in [2.05, 4.69) is 17.6 Å². The summed E-state index contributed by atoms with van der Waals surface area (Å²) < 4.78 is 5.35. The van der Waals surface area contributed by atoms with Crippen molar-refractivity contribution < 1.29 is 14.3 Å². The van der Waals surface area contributed by atoms with Crippen molar-refractivity contribution in [1.82, 2.24) is 10.6 Å². The van der Waals surface area contributed by atoms with E-state index in [-0.39, 0.29) is 5.91 Å². The molecule has 0 aliphatic carbocycles. The van der Waals surface area contributed by atoms with Gasteiger partial charge in [-0.2, -0.15) is 0 Å². The average molecular weight is 348 g/mol. The first kappa shape index (κ1) is 21.0. The van der Waals surface area contributed by atoms with Crippen molar-refractivity contribution in [3.05, 3.63) is 35.9 Å². The predicted molar refractivity (Wildman–Crippen MR) is 100 cm³/mol. The molecule has 0 fully saturated rings. The van der Waals surface area contributed by atoms with Gasteiger partial charge in [-0.3, -0.25) is 4.79 Å². The number of alkyl carbamates (subject to hydrolysis) is 1. The first-order valence-electron chi connectivity index (χ1n) is 9.06. The molecule has 0 heterocycles. The number of nitrogens with one attached hydrogen (secondary N) is 2. The van der Waals surface area contributed by atoms with Gasteiger partial charge < -0.3 is 15.4 Å². The SMILES string of the molecule is CCCCCNC(=O)C(C)C(NC(=O)OC(C)(C)C)c1ccccc1. The minimum Gasteiger partial charge on any atom is -0.444 e. The highest BCUT2D eigenvalue weighted by atomic mass is 16.6. The lowest BCUT2D eigenvalue weighted by Gasteiger charge is -2.27. The molecule has 1 rings (SSSR count). The van der Waals surface area contributed by atoms with Crippen LogP contribution in [0.1, 0.15) is 65.5 Å². The number of carbonyl (C=O) groups excluding carboxylic acids is 2. The number of carbonyl (C=O) groups is 2. The highest BCUT2D eigenvalue weighted by Gasteiger charge is 2.28. The molecule has 1 aromatic rings. The topological polar surface area (TPSA) is 67.4 Å². The summed E-state index contributed by atoms with van der Waals surface area (Å²) in [6.07, 6.45) is 2.64. The van der Waals surface area contributed by atoms with Gasteiger partial charge in [0.15, 0.2) is 0 Å². The molecule has 0 aliphatic rings. The third kappa shape index (κ3) is 8.05. The van der Waals surface area contributed by atoms with Crippen molar-refractivity contribution in [1.29, 1.82) is 0 Å². The Hall–Kier alpha value is -2.04. The highest BCUT2D eigenvalue weighted by Crippen LogP contribution is 2.23. The van der Waals surface area contributed by atoms with Gasteiger partial charge in [-0.1, -0.05) is 57.0 Å². The summed E-state index contributed by atoms with van der Waals surface area (Å²) >= 11 is 0. The molecule has 1 aromatic carbocycles. The zero-order valence-electron chi connectivity index (χ0n) is 16.1. The van der Waals surface area contributed by atoms with Crippen LogP contribution in [0.3, 0.4) is 0 Å². The number of unbranched alkanes of at least 4 members (excludes halogenated alkanes) is 2. The van der Waals surface area contributed by atoms with Crippen LogP contribution in [0.2, 0.25) is 0 Å². The Morgan fingerprint density at radius 3 is 2.32 bits per heavy atom. The predicted octanol–water partition coefficient (Wildman–Crippen LogP) is 4.19. The van der Waals surface area contributed by atoms with E-state index in [1.54, 1.807) is 0 Å². The second kappa shape index (κ2) is 10.1. The summed E-state index contributed by atoms with van der Waals surface area (Å²) in [4.78, 5) is 24.7. The van der Waals surface area contributed by atoms with E-state index < -0.39 is 23.7 Å². The molecule has 2 atom stereocenters. The molecule has 5 nitrogen and oxygen atoms in total. The lowest BCUT2D eigenvalue weighted by molar-refractivity contribution is -0.125. The Morgan fingerprint density at radius 1 is 1.12 bits per heavy atom. The van der Waals surface area contributed by atoms with Crippen LogP contribution < -0.4 is 10.6 Å². The van der Waals surface area contributed by atoms with Gasteiger partial charge in [0, 0.05) is 6.54 Å². The second-order valence-corrected chi connectivity index (χ2v) is 7.32. The number of rotatable bonds is 8. The fourth-order valence-electron chi connectivity index (χ4n) is 2.49. The molecule has 0 spiro atoms. The van der Waals surface area contributed by atoms with Gasteiger partial charge in [0.2, 0.25) is 5.91 Å². The van der Waals surface area contributed by atoms with Gasteiger partial charge in [0.1, 0.15) is 5.60 Å². The van der Waals surface area contributed by atoms with E-state index in [0.717, 1.165) is 24.8 Å². The van der Waals surface area contributed by atoms with Crippen molar-refractivity contribution in [3.8, 4) is 0 Å². The van der Waals surface area contributed by atoms with E-state index in [0.29, 0.717) is 6.54 Å². The normalized spacial score (nSPS) is 13.6. The molecule has 140 valence electrons. The minimum atomic E-state index is -0.586.